The summed E-state index contributed by atoms with van der Waals surface area (Å²) in [7, 11) is 0. The second kappa shape index (κ2) is 8.70. The summed E-state index contributed by atoms with van der Waals surface area (Å²) in [6.07, 6.45) is 1.01. The highest BCUT2D eigenvalue weighted by molar-refractivity contribution is 7.09. The van der Waals surface area contributed by atoms with Crippen molar-refractivity contribution < 1.29 is 14.3 Å². The maximum Gasteiger partial charge on any atom is 0.306 e. The number of benzene rings is 1. The van der Waals surface area contributed by atoms with Crippen LogP contribution in [0.15, 0.2) is 41.8 Å². The van der Waals surface area contributed by atoms with Gasteiger partial charge in [-0.25, -0.2) is 0 Å². The van der Waals surface area contributed by atoms with Gasteiger partial charge in [0.1, 0.15) is 0 Å². The van der Waals surface area contributed by atoms with Gasteiger partial charge in [0.15, 0.2) is 6.10 Å². The molecule has 1 amide bonds. The Morgan fingerprint density at radius 1 is 1.30 bits per heavy atom. The first-order chi connectivity index (χ1) is 11.0. The van der Waals surface area contributed by atoms with Crippen molar-refractivity contribution in [1.82, 2.24) is 0 Å². The van der Waals surface area contributed by atoms with Gasteiger partial charge in [-0.3, -0.25) is 9.59 Å². The van der Waals surface area contributed by atoms with Gasteiger partial charge in [-0.2, -0.15) is 0 Å². The summed E-state index contributed by atoms with van der Waals surface area (Å²) in [6, 6.07) is 10.8. The molecule has 0 saturated heterocycles. The smallest absolute Gasteiger partial charge is 0.306 e. The predicted molar refractivity (Wildman–Crippen MR) is 92.9 cm³/mol. The van der Waals surface area contributed by atoms with E-state index in [4.69, 9.17) is 16.3 Å². The van der Waals surface area contributed by atoms with Gasteiger partial charge < -0.3 is 10.1 Å². The number of halogens is 1. The fraction of sp³-hybridized carbons (Fsp3) is 0.294. The van der Waals surface area contributed by atoms with E-state index in [2.05, 4.69) is 5.32 Å². The third-order valence-corrected chi connectivity index (χ3v) is 4.33. The van der Waals surface area contributed by atoms with Gasteiger partial charge in [-0.1, -0.05) is 23.7 Å². The van der Waals surface area contributed by atoms with Crippen LogP contribution in [0.1, 0.15) is 24.6 Å². The number of carbonyl (C=O) groups is 2. The van der Waals surface area contributed by atoms with Gasteiger partial charge in [0.05, 0.1) is 0 Å². The van der Waals surface area contributed by atoms with E-state index >= 15 is 0 Å². The molecule has 1 aromatic heterocycles. The van der Waals surface area contributed by atoms with E-state index < -0.39 is 6.10 Å². The molecule has 2 rings (SSSR count). The molecule has 0 aliphatic heterocycles. The summed E-state index contributed by atoms with van der Waals surface area (Å²) in [4.78, 5) is 25.0. The normalized spacial score (nSPS) is 11.7. The second-order valence-corrected chi connectivity index (χ2v) is 6.53. The molecule has 2 aromatic rings. The first kappa shape index (κ1) is 17.5. The number of hydrogen-bond acceptors (Lipinski definition) is 4. The molecule has 1 N–H and O–H groups in total. The maximum absolute atomic E-state index is 12.0. The third-order valence-electron chi connectivity index (χ3n) is 3.15. The fourth-order valence-corrected chi connectivity index (χ4v) is 2.92. The zero-order valence-electron chi connectivity index (χ0n) is 12.8. The van der Waals surface area contributed by atoms with Crippen LogP contribution in [0.25, 0.3) is 0 Å². The van der Waals surface area contributed by atoms with Crippen LogP contribution in [0.4, 0.5) is 5.69 Å². The molecule has 0 bridgehead atoms. The average Bonchev–Trinajstić information content (AvgIpc) is 3.00. The Morgan fingerprint density at radius 3 is 2.83 bits per heavy atom. The third kappa shape index (κ3) is 6.04. The molecule has 23 heavy (non-hydrogen) atoms. The first-order valence-electron chi connectivity index (χ1n) is 7.33. The molecule has 0 saturated carbocycles. The lowest BCUT2D eigenvalue weighted by Gasteiger charge is -2.13. The Morgan fingerprint density at radius 2 is 2.13 bits per heavy atom. The zero-order chi connectivity index (χ0) is 16.7. The first-order valence-corrected chi connectivity index (χ1v) is 8.58. The number of rotatable bonds is 7. The van der Waals surface area contributed by atoms with Gasteiger partial charge >= 0.3 is 5.97 Å². The van der Waals surface area contributed by atoms with Crippen molar-refractivity contribution >= 4 is 40.5 Å². The van der Waals surface area contributed by atoms with E-state index in [0.717, 1.165) is 6.42 Å². The number of ether oxygens (including phenoxy) is 1. The van der Waals surface area contributed by atoms with Gasteiger partial charge in [-0.05, 0) is 49.4 Å². The van der Waals surface area contributed by atoms with E-state index in [0.29, 0.717) is 23.6 Å². The summed E-state index contributed by atoms with van der Waals surface area (Å²) >= 11 is 7.52. The summed E-state index contributed by atoms with van der Waals surface area (Å²) in [5.74, 6) is -0.742. The van der Waals surface area contributed by atoms with Crippen molar-refractivity contribution in [3.05, 3.63) is 51.7 Å². The highest BCUT2D eigenvalue weighted by Crippen LogP contribution is 2.16. The van der Waals surface area contributed by atoms with Gasteiger partial charge in [0.25, 0.3) is 5.91 Å². The Labute approximate surface area is 144 Å². The topological polar surface area (TPSA) is 55.4 Å². The van der Waals surface area contributed by atoms with Crippen LogP contribution >= 0.6 is 22.9 Å². The van der Waals surface area contributed by atoms with Crippen LogP contribution in [0.2, 0.25) is 5.02 Å². The van der Waals surface area contributed by atoms with Crippen molar-refractivity contribution in [2.75, 3.05) is 5.32 Å². The lowest BCUT2D eigenvalue weighted by molar-refractivity contribution is -0.153. The summed E-state index contributed by atoms with van der Waals surface area (Å²) in [6.45, 7) is 1.55. The number of nitrogens with one attached hydrogen (secondary N) is 1. The van der Waals surface area contributed by atoms with Gasteiger partial charge in [0, 0.05) is 22.0 Å². The fourth-order valence-electron chi connectivity index (χ4n) is 1.98. The quantitative estimate of drug-likeness (QED) is 0.757. The zero-order valence-corrected chi connectivity index (χ0v) is 14.3. The molecule has 0 radical (unpaired) electrons. The summed E-state index contributed by atoms with van der Waals surface area (Å²) in [5, 5.41) is 5.21. The lowest BCUT2D eigenvalue weighted by Crippen LogP contribution is -2.29. The standard InChI is InChI=1S/C17H18ClNO3S/c1-12(17(21)19-14-6-2-5-13(18)11-14)22-16(20)9-3-7-15-8-4-10-23-15/h2,4-6,8,10-12H,3,7,9H2,1H3,(H,19,21)/t12-/m0/s1. The van der Waals surface area contributed by atoms with Crippen LogP contribution in [-0.4, -0.2) is 18.0 Å². The van der Waals surface area contributed by atoms with Crippen LogP contribution in [0.3, 0.4) is 0 Å². The Balaban J connectivity index is 1.73. The largest absolute Gasteiger partial charge is 0.453 e. The molecule has 0 fully saturated rings. The Bertz CT molecular complexity index is 658. The number of amides is 1. The number of carbonyl (C=O) groups excluding carboxylic acids is 2. The number of hydrogen-bond donors (Lipinski definition) is 1. The van der Waals surface area contributed by atoms with Crippen LogP contribution in [0, 0.1) is 0 Å². The molecule has 4 nitrogen and oxygen atoms in total. The maximum atomic E-state index is 12.0. The predicted octanol–water partition coefficient (Wildman–Crippen LogP) is 4.29. The van der Waals surface area contributed by atoms with Crippen molar-refractivity contribution in [3.63, 3.8) is 0 Å². The monoisotopic (exact) mass is 351 g/mol. The Hall–Kier alpha value is -1.85. The molecular formula is C17H18ClNO3S. The minimum Gasteiger partial charge on any atom is -0.453 e. The van der Waals surface area contributed by atoms with Crippen LogP contribution in [-0.2, 0) is 20.7 Å². The molecule has 0 aliphatic carbocycles. The van der Waals surface area contributed by atoms with Crippen LogP contribution < -0.4 is 5.32 Å². The van der Waals surface area contributed by atoms with Crippen molar-refractivity contribution in [3.8, 4) is 0 Å². The molecule has 1 atom stereocenters. The molecule has 1 heterocycles. The van der Waals surface area contributed by atoms with Crippen molar-refractivity contribution in [2.24, 2.45) is 0 Å². The second-order valence-electron chi connectivity index (χ2n) is 5.06. The molecule has 0 unspecified atom stereocenters. The number of esters is 1. The van der Waals surface area contributed by atoms with E-state index in [9.17, 15) is 9.59 Å². The molecule has 0 aliphatic rings. The number of anilines is 1. The Kier molecular flexibility index (Phi) is 6.62. The summed E-state index contributed by atoms with van der Waals surface area (Å²) in [5.41, 5.74) is 0.572. The molecule has 0 spiro atoms. The highest BCUT2D eigenvalue weighted by atomic mass is 35.5. The van der Waals surface area contributed by atoms with E-state index in [1.54, 1.807) is 42.5 Å². The van der Waals surface area contributed by atoms with E-state index in [-0.39, 0.29) is 11.9 Å². The lowest BCUT2D eigenvalue weighted by atomic mass is 10.2. The molecule has 122 valence electrons. The number of aryl methyl sites for hydroxylation is 1. The SMILES string of the molecule is C[C@H](OC(=O)CCCc1cccs1)C(=O)Nc1cccc(Cl)c1. The minimum absolute atomic E-state index is 0.298. The van der Waals surface area contributed by atoms with E-state index in [1.807, 2.05) is 17.5 Å². The summed E-state index contributed by atoms with van der Waals surface area (Å²) < 4.78 is 5.15. The highest BCUT2D eigenvalue weighted by Gasteiger charge is 2.17. The van der Waals surface area contributed by atoms with E-state index in [1.165, 1.54) is 4.88 Å². The van der Waals surface area contributed by atoms with Crippen molar-refractivity contribution in [2.45, 2.75) is 32.3 Å². The average molecular weight is 352 g/mol. The minimum atomic E-state index is -0.844. The molecule has 1 aromatic carbocycles. The van der Waals surface area contributed by atoms with Crippen LogP contribution in [0.5, 0.6) is 0 Å². The van der Waals surface area contributed by atoms with Gasteiger partial charge in [0.2, 0.25) is 0 Å². The van der Waals surface area contributed by atoms with Crippen molar-refractivity contribution in [1.29, 1.82) is 0 Å². The number of thiophene rings is 1. The molecule has 6 heteroatoms. The van der Waals surface area contributed by atoms with Gasteiger partial charge in [-0.15, -0.1) is 11.3 Å². The molecular weight excluding hydrogens is 334 g/mol.